The molecule has 114 valence electrons. The molecular formula is C16H19N5O. The molecule has 2 aromatic heterocycles. The zero-order chi connectivity index (χ0) is 15.4. The van der Waals surface area contributed by atoms with Gasteiger partial charge in [0, 0.05) is 18.1 Å². The van der Waals surface area contributed by atoms with Crippen molar-refractivity contribution in [3.63, 3.8) is 0 Å². The van der Waals surface area contributed by atoms with Gasteiger partial charge in [-0.3, -0.25) is 10.00 Å². The van der Waals surface area contributed by atoms with Crippen LogP contribution in [-0.4, -0.2) is 32.3 Å². The number of nitrogens with one attached hydrogen (secondary N) is 1. The summed E-state index contributed by atoms with van der Waals surface area (Å²) in [6.07, 6.45) is 0.836. The van der Waals surface area contributed by atoms with Crippen molar-refractivity contribution in [3.8, 4) is 11.3 Å². The number of aryl methyl sites for hydroxylation is 1. The molecule has 0 radical (unpaired) electrons. The van der Waals surface area contributed by atoms with Gasteiger partial charge in [-0.25, -0.2) is 4.98 Å². The minimum Gasteiger partial charge on any atom is -0.359 e. The summed E-state index contributed by atoms with van der Waals surface area (Å²) in [7, 11) is 2.01. The summed E-state index contributed by atoms with van der Waals surface area (Å²) in [6, 6.07) is 12.0. The average molecular weight is 297 g/mol. The van der Waals surface area contributed by atoms with Crippen LogP contribution in [0.4, 0.5) is 0 Å². The van der Waals surface area contributed by atoms with Gasteiger partial charge in [0.2, 0.25) is 0 Å². The highest BCUT2D eigenvalue weighted by molar-refractivity contribution is 5.58. The molecule has 1 aromatic carbocycles. The topological polar surface area (TPSA) is 70.8 Å². The number of benzene rings is 1. The number of aromatic nitrogens is 4. The van der Waals surface area contributed by atoms with Crippen molar-refractivity contribution in [3.05, 3.63) is 53.8 Å². The molecule has 0 aliphatic rings. The van der Waals surface area contributed by atoms with Crippen LogP contribution in [0.3, 0.4) is 0 Å². The fraction of sp³-hybridized carbons (Fsp3) is 0.312. The molecule has 1 N–H and O–H groups in total. The molecule has 0 spiro atoms. The van der Waals surface area contributed by atoms with Crippen molar-refractivity contribution in [2.75, 3.05) is 7.05 Å². The monoisotopic (exact) mass is 297 g/mol. The van der Waals surface area contributed by atoms with Crippen molar-refractivity contribution >= 4 is 0 Å². The largest absolute Gasteiger partial charge is 0.359 e. The molecule has 0 saturated carbocycles. The van der Waals surface area contributed by atoms with Gasteiger partial charge in [0.05, 0.1) is 13.1 Å². The van der Waals surface area contributed by atoms with Gasteiger partial charge in [0.25, 0.3) is 0 Å². The van der Waals surface area contributed by atoms with Crippen molar-refractivity contribution < 1.29 is 4.52 Å². The van der Waals surface area contributed by atoms with Crippen LogP contribution in [0, 0.1) is 0 Å². The minimum atomic E-state index is 0.669. The predicted octanol–water partition coefficient (Wildman–Crippen LogP) is 2.65. The maximum absolute atomic E-state index is 5.42. The van der Waals surface area contributed by atoms with Gasteiger partial charge in [-0.1, -0.05) is 42.4 Å². The Hall–Kier alpha value is -2.47. The van der Waals surface area contributed by atoms with E-state index in [2.05, 4.69) is 25.2 Å². The smallest absolute Gasteiger partial charge is 0.151 e. The first-order chi connectivity index (χ1) is 10.7. The van der Waals surface area contributed by atoms with E-state index in [-0.39, 0.29) is 0 Å². The molecule has 22 heavy (non-hydrogen) atoms. The summed E-state index contributed by atoms with van der Waals surface area (Å²) in [5.74, 6) is 2.54. The zero-order valence-corrected chi connectivity index (χ0v) is 12.8. The molecule has 6 heteroatoms. The van der Waals surface area contributed by atoms with E-state index in [9.17, 15) is 0 Å². The van der Waals surface area contributed by atoms with Gasteiger partial charge in [0.15, 0.2) is 5.76 Å². The molecule has 0 atom stereocenters. The molecule has 0 saturated heterocycles. The number of aromatic amines is 1. The molecule has 2 heterocycles. The van der Waals surface area contributed by atoms with E-state index in [0.717, 1.165) is 35.1 Å². The lowest BCUT2D eigenvalue weighted by atomic mass is 10.1. The first-order valence-electron chi connectivity index (χ1n) is 7.34. The van der Waals surface area contributed by atoms with Gasteiger partial charge >= 0.3 is 0 Å². The zero-order valence-electron chi connectivity index (χ0n) is 12.8. The lowest BCUT2D eigenvalue weighted by molar-refractivity contribution is 0.262. The number of hydrogen-bond donors (Lipinski definition) is 1. The summed E-state index contributed by atoms with van der Waals surface area (Å²) in [6.45, 7) is 3.40. The maximum atomic E-state index is 5.42. The predicted molar refractivity (Wildman–Crippen MR) is 82.9 cm³/mol. The Morgan fingerprint density at radius 2 is 2.00 bits per heavy atom. The Morgan fingerprint density at radius 1 is 1.18 bits per heavy atom. The highest BCUT2D eigenvalue weighted by Gasteiger charge is 2.10. The van der Waals surface area contributed by atoms with Crippen LogP contribution in [0.5, 0.6) is 0 Å². The van der Waals surface area contributed by atoms with Crippen molar-refractivity contribution in [2.45, 2.75) is 26.4 Å². The van der Waals surface area contributed by atoms with Crippen LogP contribution in [0.2, 0.25) is 0 Å². The summed E-state index contributed by atoms with van der Waals surface area (Å²) < 4.78 is 5.42. The highest BCUT2D eigenvalue weighted by Crippen LogP contribution is 2.19. The van der Waals surface area contributed by atoms with Gasteiger partial charge in [0.1, 0.15) is 17.3 Å². The van der Waals surface area contributed by atoms with E-state index < -0.39 is 0 Å². The normalized spacial score (nSPS) is 11.2. The first-order valence-corrected chi connectivity index (χ1v) is 7.34. The van der Waals surface area contributed by atoms with E-state index in [4.69, 9.17) is 4.52 Å². The van der Waals surface area contributed by atoms with Crippen LogP contribution in [0.15, 0.2) is 40.9 Å². The van der Waals surface area contributed by atoms with Crippen LogP contribution in [0.25, 0.3) is 11.3 Å². The summed E-state index contributed by atoms with van der Waals surface area (Å²) >= 11 is 0. The van der Waals surface area contributed by atoms with Crippen LogP contribution in [0.1, 0.15) is 24.3 Å². The standard InChI is InChI=1S/C16H19N5O/c1-3-15-17-16(19-18-15)11-21(2)10-13-9-14(20-22-13)12-7-5-4-6-8-12/h4-9H,3,10-11H2,1-2H3,(H,17,18,19). The highest BCUT2D eigenvalue weighted by atomic mass is 16.5. The van der Waals surface area contributed by atoms with Gasteiger partial charge in [-0.05, 0) is 7.05 Å². The molecule has 0 bridgehead atoms. The molecule has 0 aliphatic carbocycles. The van der Waals surface area contributed by atoms with Crippen LogP contribution >= 0.6 is 0 Å². The molecule has 6 nitrogen and oxygen atoms in total. The summed E-state index contributed by atoms with van der Waals surface area (Å²) in [4.78, 5) is 6.51. The van der Waals surface area contributed by atoms with E-state index in [1.54, 1.807) is 0 Å². The van der Waals surface area contributed by atoms with Gasteiger partial charge in [-0.2, -0.15) is 5.10 Å². The molecule has 0 fully saturated rings. The van der Waals surface area contributed by atoms with E-state index >= 15 is 0 Å². The quantitative estimate of drug-likeness (QED) is 0.757. The third-order valence-corrected chi connectivity index (χ3v) is 3.37. The average Bonchev–Trinajstić information content (AvgIpc) is 3.17. The SMILES string of the molecule is CCc1n[nH]c(CN(C)Cc2cc(-c3ccccc3)no2)n1. The Morgan fingerprint density at radius 3 is 2.73 bits per heavy atom. The first kappa shape index (κ1) is 14.5. The number of nitrogens with zero attached hydrogens (tertiary/aromatic N) is 4. The Labute approximate surface area is 129 Å². The van der Waals surface area contributed by atoms with Gasteiger partial charge < -0.3 is 4.52 Å². The second-order valence-electron chi connectivity index (χ2n) is 5.27. The lowest BCUT2D eigenvalue weighted by Gasteiger charge is -2.11. The molecule has 0 unspecified atom stereocenters. The Balaban J connectivity index is 1.62. The fourth-order valence-electron chi connectivity index (χ4n) is 2.27. The summed E-state index contributed by atoms with van der Waals surface area (Å²) in [5.41, 5.74) is 1.92. The van der Waals surface area contributed by atoms with Crippen molar-refractivity contribution in [1.82, 2.24) is 25.2 Å². The number of hydrogen-bond acceptors (Lipinski definition) is 5. The number of rotatable bonds is 6. The maximum Gasteiger partial charge on any atom is 0.151 e. The Kier molecular flexibility index (Phi) is 4.29. The van der Waals surface area contributed by atoms with Crippen LogP contribution < -0.4 is 0 Å². The second-order valence-corrected chi connectivity index (χ2v) is 5.27. The van der Waals surface area contributed by atoms with Crippen molar-refractivity contribution in [2.24, 2.45) is 0 Å². The van der Waals surface area contributed by atoms with E-state index in [1.807, 2.05) is 50.4 Å². The summed E-state index contributed by atoms with van der Waals surface area (Å²) in [5, 5.41) is 11.2. The van der Waals surface area contributed by atoms with E-state index in [0.29, 0.717) is 13.1 Å². The third-order valence-electron chi connectivity index (χ3n) is 3.37. The molecule has 0 amide bonds. The number of H-pyrrole nitrogens is 1. The molecule has 0 aliphatic heterocycles. The van der Waals surface area contributed by atoms with Crippen molar-refractivity contribution in [1.29, 1.82) is 0 Å². The molecule has 3 rings (SSSR count). The molecule has 3 aromatic rings. The second kappa shape index (κ2) is 6.53. The van der Waals surface area contributed by atoms with E-state index in [1.165, 1.54) is 0 Å². The van der Waals surface area contributed by atoms with Gasteiger partial charge in [-0.15, -0.1) is 0 Å². The molecular weight excluding hydrogens is 278 g/mol. The van der Waals surface area contributed by atoms with Crippen LogP contribution in [-0.2, 0) is 19.5 Å². The third kappa shape index (κ3) is 3.40. The Bertz CT molecular complexity index is 719. The fourth-order valence-corrected chi connectivity index (χ4v) is 2.27. The minimum absolute atomic E-state index is 0.669. The lowest BCUT2D eigenvalue weighted by Crippen LogP contribution is -2.17.